The molecule has 2 unspecified atom stereocenters. The van der Waals surface area contributed by atoms with Gasteiger partial charge in [-0.3, -0.25) is 9.59 Å². The van der Waals surface area contributed by atoms with Crippen molar-refractivity contribution in [1.82, 2.24) is 15.5 Å². The van der Waals surface area contributed by atoms with Crippen molar-refractivity contribution in [2.45, 2.75) is 38.1 Å². The Labute approximate surface area is 126 Å². The van der Waals surface area contributed by atoms with Crippen LogP contribution in [0.5, 0.6) is 0 Å². The van der Waals surface area contributed by atoms with E-state index < -0.39 is 0 Å². The van der Waals surface area contributed by atoms with Crippen LogP contribution in [0, 0.1) is 5.92 Å². The first kappa shape index (κ1) is 16.2. The van der Waals surface area contributed by atoms with Gasteiger partial charge in [-0.15, -0.1) is 0 Å². The monoisotopic (exact) mass is 297 g/mol. The van der Waals surface area contributed by atoms with E-state index in [1.54, 1.807) is 7.11 Å². The quantitative estimate of drug-likeness (QED) is 0.731. The lowest BCUT2D eigenvalue weighted by Crippen LogP contribution is -2.46. The van der Waals surface area contributed by atoms with Crippen molar-refractivity contribution in [1.29, 1.82) is 0 Å². The molecule has 120 valence electrons. The van der Waals surface area contributed by atoms with Gasteiger partial charge in [-0.1, -0.05) is 0 Å². The van der Waals surface area contributed by atoms with E-state index in [0.29, 0.717) is 25.5 Å². The summed E-state index contributed by atoms with van der Waals surface area (Å²) in [4.78, 5) is 25.9. The molecule has 2 aliphatic rings. The van der Waals surface area contributed by atoms with E-state index >= 15 is 0 Å². The maximum atomic E-state index is 12.0. The number of ether oxygens (including phenoxy) is 1. The van der Waals surface area contributed by atoms with Gasteiger partial charge in [0.25, 0.3) is 0 Å². The second-order valence-corrected chi connectivity index (χ2v) is 5.98. The zero-order valence-electron chi connectivity index (χ0n) is 12.9. The summed E-state index contributed by atoms with van der Waals surface area (Å²) in [6.45, 7) is 3.66. The number of nitrogens with zero attached hydrogens (tertiary/aromatic N) is 1. The molecule has 0 aromatic heterocycles. The van der Waals surface area contributed by atoms with E-state index in [2.05, 4.69) is 10.6 Å². The summed E-state index contributed by atoms with van der Waals surface area (Å²) in [5.74, 6) is 0.635. The lowest BCUT2D eigenvalue weighted by molar-refractivity contribution is -0.133. The Kier molecular flexibility index (Phi) is 6.45. The van der Waals surface area contributed by atoms with Crippen LogP contribution in [0.4, 0.5) is 0 Å². The van der Waals surface area contributed by atoms with Crippen LogP contribution < -0.4 is 10.6 Å². The molecule has 2 amide bonds. The predicted octanol–water partition coefficient (Wildman–Crippen LogP) is 0.130. The lowest BCUT2D eigenvalue weighted by atomic mass is 9.97. The van der Waals surface area contributed by atoms with Gasteiger partial charge in [-0.2, -0.15) is 0 Å². The van der Waals surface area contributed by atoms with Crippen molar-refractivity contribution in [3.05, 3.63) is 0 Å². The molecule has 0 aromatic carbocycles. The molecule has 0 radical (unpaired) electrons. The number of likely N-dealkylation sites (tertiary alicyclic amines) is 1. The van der Waals surface area contributed by atoms with Gasteiger partial charge in [0, 0.05) is 26.7 Å². The van der Waals surface area contributed by atoms with Crippen LogP contribution in [-0.2, 0) is 14.3 Å². The molecular formula is C15H27N3O3. The summed E-state index contributed by atoms with van der Waals surface area (Å²) in [5.41, 5.74) is 0. The number of carbonyl (C=O) groups excluding carboxylic acids is 2. The Morgan fingerprint density at radius 2 is 2.19 bits per heavy atom. The molecule has 0 spiro atoms. The first-order valence-electron chi connectivity index (χ1n) is 7.98. The molecule has 0 aliphatic carbocycles. The van der Waals surface area contributed by atoms with E-state index in [9.17, 15) is 9.59 Å². The molecule has 0 bridgehead atoms. The highest BCUT2D eigenvalue weighted by molar-refractivity contribution is 5.82. The van der Waals surface area contributed by atoms with Crippen molar-refractivity contribution in [3.8, 4) is 0 Å². The highest BCUT2D eigenvalue weighted by Gasteiger charge is 2.26. The fraction of sp³-hybridized carbons (Fsp3) is 0.867. The third-order valence-corrected chi connectivity index (χ3v) is 4.33. The number of hydrogen-bond donors (Lipinski definition) is 2. The minimum atomic E-state index is -0.0203. The van der Waals surface area contributed by atoms with Crippen molar-refractivity contribution >= 4 is 11.8 Å². The molecule has 2 atom stereocenters. The number of rotatable bonds is 6. The molecule has 0 aromatic rings. The Bertz CT molecular complexity index is 356. The summed E-state index contributed by atoms with van der Waals surface area (Å²) in [7, 11) is 1.61. The molecule has 6 nitrogen and oxygen atoms in total. The van der Waals surface area contributed by atoms with E-state index in [-0.39, 0.29) is 17.9 Å². The topological polar surface area (TPSA) is 70.7 Å². The molecule has 6 heteroatoms. The van der Waals surface area contributed by atoms with Gasteiger partial charge < -0.3 is 20.3 Å². The van der Waals surface area contributed by atoms with Crippen molar-refractivity contribution in [2.24, 2.45) is 5.92 Å². The van der Waals surface area contributed by atoms with Crippen molar-refractivity contribution in [2.75, 3.05) is 39.9 Å². The molecule has 2 saturated heterocycles. The van der Waals surface area contributed by atoms with Crippen molar-refractivity contribution < 1.29 is 14.3 Å². The second-order valence-electron chi connectivity index (χ2n) is 5.98. The second kappa shape index (κ2) is 8.34. The first-order valence-corrected chi connectivity index (χ1v) is 7.98. The summed E-state index contributed by atoms with van der Waals surface area (Å²) in [5, 5.41) is 6.24. The summed E-state index contributed by atoms with van der Waals surface area (Å²) >= 11 is 0. The normalized spacial score (nSPS) is 25.9. The van der Waals surface area contributed by atoms with Gasteiger partial charge in [-0.05, 0) is 38.1 Å². The van der Waals surface area contributed by atoms with Crippen LogP contribution in [0.3, 0.4) is 0 Å². The Morgan fingerprint density at radius 1 is 1.33 bits per heavy atom. The van der Waals surface area contributed by atoms with Crippen LogP contribution >= 0.6 is 0 Å². The smallest absolute Gasteiger partial charge is 0.237 e. The van der Waals surface area contributed by atoms with Gasteiger partial charge in [0.15, 0.2) is 0 Å². The van der Waals surface area contributed by atoms with Crippen LogP contribution in [0.15, 0.2) is 0 Å². The average Bonchev–Trinajstić information content (AvgIpc) is 3.05. The highest BCUT2D eigenvalue weighted by atomic mass is 16.5. The van der Waals surface area contributed by atoms with Crippen LogP contribution in [0.1, 0.15) is 32.1 Å². The maximum Gasteiger partial charge on any atom is 0.237 e. The van der Waals surface area contributed by atoms with E-state index in [0.717, 1.165) is 45.3 Å². The van der Waals surface area contributed by atoms with Crippen LogP contribution in [0.25, 0.3) is 0 Å². The number of carbonyl (C=O) groups is 2. The standard InChI is InChI=1S/C15H27N3O3/c1-21-9-6-14(19)18-8-3-4-12(11-18)10-17-15(20)13-5-2-7-16-13/h12-13,16H,2-11H2,1H3,(H,17,20). The fourth-order valence-electron chi connectivity index (χ4n) is 3.08. The third kappa shape index (κ3) is 4.97. The molecule has 2 aliphatic heterocycles. The highest BCUT2D eigenvalue weighted by Crippen LogP contribution is 2.17. The molecule has 2 N–H and O–H groups in total. The molecule has 2 fully saturated rings. The largest absolute Gasteiger partial charge is 0.384 e. The third-order valence-electron chi connectivity index (χ3n) is 4.33. The Morgan fingerprint density at radius 3 is 2.90 bits per heavy atom. The van der Waals surface area contributed by atoms with E-state index in [1.807, 2.05) is 4.90 Å². The molecule has 21 heavy (non-hydrogen) atoms. The minimum absolute atomic E-state index is 0.0203. The van der Waals surface area contributed by atoms with Crippen molar-refractivity contribution in [3.63, 3.8) is 0 Å². The van der Waals surface area contributed by atoms with Gasteiger partial charge >= 0.3 is 0 Å². The minimum Gasteiger partial charge on any atom is -0.384 e. The number of amides is 2. The average molecular weight is 297 g/mol. The molecular weight excluding hydrogens is 270 g/mol. The number of piperidine rings is 1. The zero-order valence-corrected chi connectivity index (χ0v) is 12.9. The number of nitrogens with one attached hydrogen (secondary N) is 2. The summed E-state index contributed by atoms with van der Waals surface area (Å²) < 4.78 is 4.95. The van der Waals surface area contributed by atoms with Crippen LogP contribution in [0.2, 0.25) is 0 Å². The van der Waals surface area contributed by atoms with Gasteiger partial charge in [-0.25, -0.2) is 0 Å². The fourth-order valence-corrected chi connectivity index (χ4v) is 3.08. The predicted molar refractivity (Wildman–Crippen MR) is 79.8 cm³/mol. The first-order chi connectivity index (χ1) is 10.2. The van der Waals surface area contributed by atoms with Crippen LogP contribution in [-0.4, -0.2) is 62.7 Å². The molecule has 2 rings (SSSR count). The number of methoxy groups -OCH3 is 1. The molecule has 2 heterocycles. The van der Waals surface area contributed by atoms with E-state index in [4.69, 9.17) is 4.74 Å². The SMILES string of the molecule is COCCC(=O)N1CCCC(CNC(=O)C2CCCN2)C1. The Hall–Kier alpha value is -1.14. The Balaban J connectivity index is 1.70. The van der Waals surface area contributed by atoms with Gasteiger partial charge in [0.1, 0.15) is 0 Å². The molecule has 0 saturated carbocycles. The summed E-state index contributed by atoms with van der Waals surface area (Å²) in [6, 6.07) is -0.0203. The zero-order chi connectivity index (χ0) is 15.1. The van der Waals surface area contributed by atoms with E-state index in [1.165, 1.54) is 0 Å². The van der Waals surface area contributed by atoms with Gasteiger partial charge in [0.2, 0.25) is 11.8 Å². The number of hydrogen-bond acceptors (Lipinski definition) is 4. The lowest BCUT2D eigenvalue weighted by Gasteiger charge is -2.33. The van der Waals surface area contributed by atoms with Gasteiger partial charge in [0.05, 0.1) is 19.1 Å². The summed E-state index contributed by atoms with van der Waals surface area (Å²) in [6.07, 6.45) is 4.54. The maximum absolute atomic E-state index is 12.0.